The Morgan fingerprint density at radius 2 is 1.95 bits per heavy atom. The predicted octanol–water partition coefficient (Wildman–Crippen LogP) is 4.09. The standard InChI is InChI=1S/C13H11ClF3N3O/c1-21-7-2-3-8(14)10(4-7)20-11-5-12(13(15,16)17)19-6-9(11)18/h2-6H,18H2,1H3,(H,19,20). The van der Waals surface area contributed by atoms with Crippen molar-refractivity contribution in [3.8, 4) is 5.75 Å². The van der Waals surface area contributed by atoms with Crippen LogP contribution in [0.15, 0.2) is 30.5 Å². The Bertz CT molecular complexity index is 662. The molecule has 0 fully saturated rings. The second kappa shape index (κ2) is 5.69. The van der Waals surface area contributed by atoms with Crippen LogP contribution in [0.4, 0.5) is 30.2 Å². The second-order valence-corrected chi connectivity index (χ2v) is 4.53. The van der Waals surface area contributed by atoms with Crippen molar-refractivity contribution >= 4 is 28.7 Å². The fraction of sp³-hybridized carbons (Fsp3) is 0.154. The molecule has 8 heteroatoms. The van der Waals surface area contributed by atoms with Crippen LogP contribution in [-0.4, -0.2) is 12.1 Å². The van der Waals surface area contributed by atoms with Crippen molar-refractivity contribution in [1.29, 1.82) is 0 Å². The molecule has 112 valence electrons. The molecule has 0 saturated carbocycles. The molecule has 0 unspecified atom stereocenters. The highest BCUT2D eigenvalue weighted by atomic mass is 35.5. The number of anilines is 3. The smallest absolute Gasteiger partial charge is 0.433 e. The molecule has 1 heterocycles. The molecule has 0 radical (unpaired) electrons. The van der Waals surface area contributed by atoms with E-state index in [1.54, 1.807) is 18.2 Å². The number of rotatable bonds is 3. The van der Waals surface area contributed by atoms with E-state index in [0.717, 1.165) is 12.3 Å². The zero-order valence-electron chi connectivity index (χ0n) is 10.8. The molecule has 1 aromatic heterocycles. The van der Waals surface area contributed by atoms with Gasteiger partial charge in [0.15, 0.2) is 0 Å². The first-order valence-electron chi connectivity index (χ1n) is 5.74. The molecule has 0 saturated heterocycles. The van der Waals surface area contributed by atoms with E-state index in [1.165, 1.54) is 7.11 Å². The van der Waals surface area contributed by atoms with Gasteiger partial charge in [0, 0.05) is 6.07 Å². The minimum absolute atomic E-state index is 0.0625. The summed E-state index contributed by atoms with van der Waals surface area (Å²) < 4.78 is 43.0. The molecule has 0 aliphatic heterocycles. The van der Waals surface area contributed by atoms with Gasteiger partial charge in [-0.25, -0.2) is 4.98 Å². The Morgan fingerprint density at radius 3 is 2.57 bits per heavy atom. The van der Waals surface area contributed by atoms with Gasteiger partial charge in [-0.1, -0.05) is 11.6 Å². The average Bonchev–Trinajstić information content (AvgIpc) is 2.42. The number of halogens is 4. The Balaban J connectivity index is 2.39. The lowest BCUT2D eigenvalue weighted by atomic mass is 10.2. The summed E-state index contributed by atoms with van der Waals surface area (Å²) in [7, 11) is 1.47. The first-order chi connectivity index (χ1) is 9.81. The molecule has 21 heavy (non-hydrogen) atoms. The number of benzene rings is 1. The van der Waals surface area contributed by atoms with Crippen molar-refractivity contribution in [3.63, 3.8) is 0 Å². The summed E-state index contributed by atoms with van der Waals surface area (Å²) in [5.41, 5.74) is 5.10. The molecule has 4 nitrogen and oxygen atoms in total. The maximum absolute atomic E-state index is 12.7. The Hall–Kier alpha value is -2.15. The lowest BCUT2D eigenvalue weighted by molar-refractivity contribution is -0.141. The normalized spacial score (nSPS) is 11.3. The van der Waals surface area contributed by atoms with Crippen LogP contribution in [0.5, 0.6) is 5.75 Å². The zero-order chi connectivity index (χ0) is 15.6. The number of methoxy groups -OCH3 is 1. The second-order valence-electron chi connectivity index (χ2n) is 4.13. The molecular formula is C13H11ClF3N3O. The van der Waals surface area contributed by atoms with E-state index in [0.29, 0.717) is 16.5 Å². The highest BCUT2D eigenvalue weighted by molar-refractivity contribution is 6.33. The van der Waals surface area contributed by atoms with Crippen LogP contribution < -0.4 is 15.8 Å². The SMILES string of the molecule is COc1ccc(Cl)c(Nc2cc(C(F)(F)F)ncc2N)c1. The maximum atomic E-state index is 12.7. The molecule has 0 aliphatic rings. The average molecular weight is 318 g/mol. The third-order valence-corrected chi connectivity index (χ3v) is 3.00. The lowest BCUT2D eigenvalue weighted by Gasteiger charge is -2.14. The third kappa shape index (κ3) is 3.49. The largest absolute Gasteiger partial charge is 0.497 e. The fourth-order valence-corrected chi connectivity index (χ4v) is 1.77. The van der Waals surface area contributed by atoms with Crippen LogP contribution in [-0.2, 0) is 6.18 Å². The topological polar surface area (TPSA) is 60.2 Å². The van der Waals surface area contributed by atoms with Crippen LogP contribution in [0.1, 0.15) is 5.69 Å². The molecule has 2 rings (SSSR count). The number of hydrogen-bond acceptors (Lipinski definition) is 4. The molecule has 0 bridgehead atoms. The van der Waals surface area contributed by atoms with E-state index < -0.39 is 11.9 Å². The Morgan fingerprint density at radius 1 is 1.24 bits per heavy atom. The van der Waals surface area contributed by atoms with Gasteiger partial charge in [0.05, 0.1) is 35.4 Å². The first-order valence-corrected chi connectivity index (χ1v) is 6.12. The number of aromatic nitrogens is 1. The van der Waals surface area contributed by atoms with Gasteiger partial charge in [-0.15, -0.1) is 0 Å². The zero-order valence-corrected chi connectivity index (χ0v) is 11.6. The van der Waals surface area contributed by atoms with Gasteiger partial charge in [0.1, 0.15) is 11.4 Å². The number of nitrogen functional groups attached to an aromatic ring is 1. The van der Waals surface area contributed by atoms with Gasteiger partial charge in [0.2, 0.25) is 0 Å². The van der Waals surface area contributed by atoms with Gasteiger partial charge >= 0.3 is 6.18 Å². The highest BCUT2D eigenvalue weighted by Crippen LogP contribution is 2.34. The predicted molar refractivity (Wildman–Crippen MR) is 74.9 cm³/mol. The van der Waals surface area contributed by atoms with E-state index in [2.05, 4.69) is 10.3 Å². The molecule has 1 aromatic carbocycles. The van der Waals surface area contributed by atoms with Gasteiger partial charge < -0.3 is 15.8 Å². The van der Waals surface area contributed by atoms with E-state index >= 15 is 0 Å². The van der Waals surface area contributed by atoms with Crippen molar-refractivity contribution in [2.75, 3.05) is 18.2 Å². The summed E-state index contributed by atoms with van der Waals surface area (Å²) in [6.45, 7) is 0. The molecule has 0 aliphatic carbocycles. The number of ether oxygens (including phenoxy) is 1. The number of alkyl halides is 3. The number of pyridine rings is 1. The molecule has 0 atom stereocenters. The van der Waals surface area contributed by atoms with Crippen LogP contribution >= 0.6 is 11.6 Å². The highest BCUT2D eigenvalue weighted by Gasteiger charge is 2.33. The number of hydrogen-bond donors (Lipinski definition) is 2. The van der Waals surface area contributed by atoms with E-state index in [1.807, 2.05) is 0 Å². The fourth-order valence-electron chi connectivity index (χ4n) is 1.60. The summed E-state index contributed by atoms with van der Waals surface area (Å²) in [6.07, 6.45) is -3.61. The van der Waals surface area contributed by atoms with Crippen molar-refractivity contribution in [1.82, 2.24) is 4.98 Å². The first kappa shape index (κ1) is 15.2. The van der Waals surface area contributed by atoms with Crippen molar-refractivity contribution in [2.24, 2.45) is 0 Å². The van der Waals surface area contributed by atoms with Crippen LogP contribution in [0, 0.1) is 0 Å². The summed E-state index contributed by atoms with van der Waals surface area (Å²) in [6, 6.07) is 5.57. The van der Waals surface area contributed by atoms with Crippen LogP contribution in [0.25, 0.3) is 0 Å². The van der Waals surface area contributed by atoms with Crippen LogP contribution in [0.3, 0.4) is 0 Å². The maximum Gasteiger partial charge on any atom is 0.433 e. The third-order valence-electron chi connectivity index (χ3n) is 2.67. The van der Waals surface area contributed by atoms with Crippen molar-refractivity contribution in [3.05, 3.63) is 41.2 Å². The van der Waals surface area contributed by atoms with Gasteiger partial charge in [-0.05, 0) is 18.2 Å². The number of nitrogens with one attached hydrogen (secondary N) is 1. The minimum atomic E-state index is -4.55. The number of nitrogens with two attached hydrogens (primary N) is 1. The summed E-state index contributed by atoms with van der Waals surface area (Å²) in [5.74, 6) is 0.505. The van der Waals surface area contributed by atoms with Crippen molar-refractivity contribution in [2.45, 2.75) is 6.18 Å². The van der Waals surface area contributed by atoms with E-state index in [9.17, 15) is 13.2 Å². The van der Waals surface area contributed by atoms with E-state index in [4.69, 9.17) is 22.1 Å². The summed E-state index contributed by atoms with van der Waals surface area (Å²) in [5, 5.41) is 3.07. The van der Waals surface area contributed by atoms with E-state index in [-0.39, 0.29) is 11.4 Å². The molecule has 0 amide bonds. The molecular weight excluding hydrogens is 307 g/mol. The van der Waals surface area contributed by atoms with Gasteiger partial charge in [-0.3, -0.25) is 0 Å². The van der Waals surface area contributed by atoms with Crippen molar-refractivity contribution < 1.29 is 17.9 Å². The molecule has 3 N–H and O–H groups in total. The summed E-state index contributed by atoms with van der Waals surface area (Å²) in [4.78, 5) is 3.26. The van der Waals surface area contributed by atoms with Gasteiger partial charge in [-0.2, -0.15) is 13.2 Å². The summed E-state index contributed by atoms with van der Waals surface area (Å²) >= 11 is 5.99. The Kier molecular flexibility index (Phi) is 4.13. The molecule has 2 aromatic rings. The Labute approximate surface area is 123 Å². The minimum Gasteiger partial charge on any atom is -0.497 e. The monoisotopic (exact) mass is 317 g/mol. The number of nitrogens with zero attached hydrogens (tertiary/aromatic N) is 1. The quantitative estimate of drug-likeness (QED) is 0.895. The van der Waals surface area contributed by atoms with Crippen LogP contribution in [0.2, 0.25) is 5.02 Å². The lowest BCUT2D eigenvalue weighted by Crippen LogP contribution is -2.09. The molecule has 0 spiro atoms. The van der Waals surface area contributed by atoms with Gasteiger partial charge in [0.25, 0.3) is 0 Å².